The highest BCUT2D eigenvalue weighted by Crippen LogP contribution is 2.21. The lowest BCUT2D eigenvalue weighted by Gasteiger charge is -2.12. The summed E-state index contributed by atoms with van der Waals surface area (Å²) < 4.78 is 0. The van der Waals surface area contributed by atoms with Gasteiger partial charge in [-0.1, -0.05) is 38.1 Å². The first-order valence-corrected chi connectivity index (χ1v) is 5.54. The molecule has 86 valence electrons. The van der Waals surface area contributed by atoms with Crippen molar-refractivity contribution < 1.29 is 9.59 Å². The van der Waals surface area contributed by atoms with E-state index in [9.17, 15) is 9.59 Å². The van der Waals surface area contributed by atoms with Gasteiger partial charge in [0.2, 0.25) is 0 Å². The predicted molar refractivity (Wildman–Crippen MR) is 64.6 cm³/mol. The number of hydrogen-bond donors (Lipinski definition) is 0. The molecule has 0 spiro atoms. The number of carbonyl (C=O) groups excluding carboxylic acids is 2. The van der Waals surface area contributed by atoms with Crippen LogP contribution in [-0.2, 0) is 9.59 Å². The Kier molecular flexibility index (Phi) is 3.99. The van der Waals surface area contributed by atoms with E-state index in [4.69, 9.17) is 0 Å². The summed E-state index contributed by atoms with van der Waals surface area (Å²) in [5.41, 5.74) is 2.01. The molecular weight excluding hydrogens is 200 g/mol. The van der Waals surface area contributed by atoms with Gasteiger partial charge in [0, 0.05) is 0 Å². The van der Waals surface area contributed by atoms with Crippen LogP contribution in [0.2, 0.25) is 0 Å². The molecule has 1 aromatic rings. The molecule has 0 radical (unpaired) electrons. The number of benzene rings is 1. The van der Waals surface area contributed by atoms with Gasteiger partial charge in [-0.3, -0.25) is 9.59 Å². The van der Waals surface area contributed by atoms with Gasteiger partial charge in [0.25, 0.3) is 0 Å². The molecule has 0 aliphatic heterocycles. The maximum Gasteiger partial charge on any atom is 0.144 e. The van der Waals surface area contributed by atoms with E-state index >= 15 is 0 Å². The molecule has 0 saturated carbocycles. The molecule has 0 amide bonds. The minimum atomic E-state index is -0.596. The monoisotopic (exact) mass is 218 g/mol. The molecule has 1 rings (SSSR count). The van der Waals surface area contributed by atoms with Gasteiger partial charge in [0.05, 0.1) is 0 Å². The molecule has 16 heavy (non-hydrogen) atoms. The number of ketones is 2. The van der Waals surface area contributed by atoms with Crippen LogP contribution in [-0.4, -0.2) is 11.6 Å². The smallest absolute Gasteiger partial charge is 0.144 e. The third-order valence-electron chi connectivity index (χ3n) is 2.75. The van der Waals surface area contributed by atoms with Crippen molar-refractivity contribution in [1.82, 2.24) is 0 Å². The Morgan fingerprint density at radius 1 is 0.875 bits per heavy atom. The van der Waals surface area contributed by atoms with Gasteiger partial charge >= 0.3 is 0 Å². The third kappa shape index (κ3) is 2.78. The molecule has 0 unspecified atom stereocenters. The van der Waals surface area contributed by atoms with E-state index in [1.165, 1.54) is 19.4 Å². The molecule has 0 heterocycles. The Hall–Kier alpha value is -1.44. The van der Waals surface area contributed by atoms with Gasteiger partial charge < -0.3 is 0 Å². The highest BCUT2D eigenvalue weighted by molar-refractivity contribution is 6.05. The summed E-state index contributed by atoms with van der Waals surface area (Å²) >= 11 is 0. The standard InChI is InChI=1S/C14H18O2/c1-9(2)12-5-7-13(8-6-12)14(10(3)15)11(4)16/h5-9,14H,1-4H3. The maximum absolute atomic E-state index is 11.4. The highest BCUT2D eigenvalue weighted by atomic mass is 16.1. The average Bonchev–Trinajstić information content (AvgIpc) is 2.17. The molecule has 0 aliphatic carbocycles. The second-order valence-corrected chi connectivity index (χ2v) is 4.48. The lowest BCUT2D eigenvalue weighted by atomic mass is 9.90. The van der Waals surface area contributed by atoms with Gasteiger partial charge in [-0.05, 0) is 30.9 Å². The van der Waals surface area contributed by atoms with Crippen LogP contribution in [0, 0.1) is 0 Å². The van der Waals surface area contributed by atoms with Crippen molar-refractivity contribution in [2.45, 2.75) is 39.5 Å². The first kappa shape index (κ1) is 12.6. The molecule has 1 aromatic carbocycles. The highest BCUT2D eigenvalue weighted by Gasteiger charge is 2.21. The number of hydrogen-bond acceptors (Lipinski definition) is 2. The van der Waals surface area contributed by atoms with E-state index in [1.54, 1.807) is 0 Å². The fourth-order valence-electron chi connectivity index (χ4n) is 1.83. The Bertz CT molecular complexity index is 374. The summed E-state index contributed by atoms with van der Waals surface area (Å²) in [6, 6.07) is 7.73. The Morgan fingerprint density at radius 2 is 1.25 bits per heavy atom. The molecule has 0 fully saturated rings. The van der Waals surface area contributed by atoms with Crippen molar-refractivity contribution in [3.63, 3.8) is 0 Å². The van der Waals surface area contributed by atoms with Gasteiger partial charge in [-0.15, -0.1) is 0 Å². The molecule has 0 aromatic heterocycles. The zero-order valence-electron chi connectivity index (χ0n) is 10.3. The lowest BCUT2D eigenvalue weighted by Crippen LogP contribution is -2.16. The first-order valence-electron chi connectivity index (χ1n) is 5.54. The maximum atomic E-state index is 11.4. The second kappa shape index (κ2) is 5.06. The minimum Gasteiger partial charge on any atom is -0.299 e. The van der Waals surface area contributed by atoms with E-state index < -0.39 is 5.92 Å². The van der Waals surface area contributed by atoms with Gasteiger partial charge in [-0.25, -0.2) is 0 Å². The zero-order chi connectivity index (χ0) is 12.3. The molecule has 0 N–H and O–H groups in total. The topological polar surface area (TPSA) is 34.1 Å². The first-order chi connectivity index (χ1) is 7.43. The Labute approximate surface area is 96.7 Å². The Balaban J connectivity index is 3.04. The Morgan fingerprint density at radius 3 is 1.56 bits per heavy atom. The average molecular weight is 218 g/mol. The van der Waals surface area contributed by atoms with Crippen LogP contribution in [0.4, 0.5) is 0 Å². The molecule has 0 saturated heterocycles. The molecule has 2 heteroatoms. The van der Waals surface area contributed by atoms with Crippen LogP contribution >= 0.6 is 0 Å². The summed E-state index contributed by atoms with van der Waals surface area (Å²) in [4.78, 5) is 22.8. The van der Waals surface area contributed by atoms with Crippen molar-refractivity contribution in [3.8, 4) is 0 Å². The van der Waals surface area contributed by atoms with Crippen LogP contribution in [0.3, 0.4) is 0 Å². The fraction of sp³-hybridized carbons (Fsp3) is 0.429. The fourth-order valence-corrected chi connectivity index (χ4v) is 1.83. The number of rotatable bonds is 4. The van der Waals surface area contributed by atoms with Crippen LogP contribution in [0.1, 0.15) is 50.7 Å². The molecule has 2 nitrogen and oxygen atoms in total. The second-order valence-electron chi connectivity index (χ2n) is 4.48. The van der Waals surface area contributed by atoms with Gasteiger partial charge in [0.15, 0.2) is 0 Å². The van der Waals surface area contributed by atoms with Gasteiger partial charge in [0.1, 0.15) is 17.5 Å². The van der Waals surface area contributed by atoms with Crippen molar-refractivity contribution in [3.05, 3.63) is 35.4 Å². The van der Waals surface area contributed by atoms with E-state index in [1.807, 2.05) is 24.3 Å². The summed E-state index contributed by atoms with van der Waals surface area (Å²) in [7, 11) is 0. The van der Waals surface area contributed by atoms with Crippen LogP contribution in [0.25, 0.3) is 0 Å². The van der Waals surface area contributed by atoms with Gasteiger partial charge in [-0.2, -0.15) is 0 Å². The quantitative estimate of drug-likeness (QED) is 0.728. The molecular formula is C14H18O2. The summed E-state index contributed by atoms with van der Waals surface area (Å²) in [5, 5.41) is 0. The molecule has 0 bridgehead atoms. The van der Waals surface area contributed by atoms with E-state index in [0.29, 0.717) is 5.92 Å². The molecule has 0 aliphatic rings. The van der Waals surface area contributed by atoms with Crippen LogP contribution in [0.15, 0.2) is 24.3 Å². The zero-order valence-corrected chi connectivity index (χ0v) is 10.3. The minimum absolute atomic E-state index is 0.0928. The van der Waals surface area contributed by atoms with Crippen molar-refractivity contribution in [1.29, 1.82) is 0 Å². The number of carbonyl (C=O) groups is 2. The van der Waals surface area contributed by atoms with E-state index in [0.717, 1.165) is 5.56 Å². The van der Waals surface area contributed by atoms with Crippen molar-refractivity contribution in [2.24, 2.45) is 0 Å². The van der Waals surface area contributed by atoms with Crippen LogP contribution in [0.5, 0.6) is 0 Å². The summed E-state index contributed by atoms with van der Waals surface area (Å²) in [6.07, 6.45) is 0. The SMILES string of the molecule is CC(=O)C(C(C)=O)c1ccc(C(C)C)cc1. The summed E-state index contributed by atoms with van der Waals surface area (Å²) in [6.45, 7) is 7.15. The van der Waals surface area contributed by atoms with E-state index in [-0.39, 0.29) is 11.6 Å². The normalized spacial score (nSPS) is 10.9. The van der Waals surface area contributed by atoms with Crippen molar-refractivity contribution in [2.75, 3.05) is 0 Å². The number of Topliss-reactive ketones (excluding diaryl/α,β-unsaturated/α-hetero) is 2. The largest absolute Gasteiger partial charge is 0.299 e. The lowest BCUT2D eigenvalue weighted by molar-refractivity contribution is -0.126. The van der Waals surface area contributed by atoms with Crippen molar-refractivity contribution >= 4 is 11.6 Å². The third-order valence-corrected chi connectivity index (χ3v) is 2.75. The predicted octanol–water partition coefficient (Wildman–Crippen LogP) is 3.07. The molecule has 0 atom stereocenters. The van der Waals surface area contributed by atoms with E-state index in [2.05, 4.69) is 13.8 Å². The van der Waals surface area contributed by atoms with Crippen LogP contribution < -0.4 is 0 Å². The summed E-state index contributed by atoms with van der Waals surface area (Å²) in [5.74, 6) is -0.321.